The van der Waals surface area contributed by atoms with E-state index in [1.807, 2.05) is 49.5 Å². The van der Waals surface area contributed by atoms with Crippen LogP contribution < -0.4 is 0 Å². The summed E-state index contributed by atoms with van der Waals surface area (Å²) in [6.45, 7) is 3.12. The Balaban J connectivity index is 1.55. The highest BCUT2D eigenvalue weighted by Crippen LogP contribution is 2.37. The molecule has 1 aromatic heterocycles. The minimum atomic E-state index is 0.0218. The first-order chi connectivity index (χ1) is 13.1. The third-order valence-corrected chi connectivity index (χ3v) is 6.40. The van der Waals surface area contributed by atoms with Crippen LogP contribution in [0.3, 0.4) is 0 Å². The first-order valence-corrected chi connectivity index (χ1v) is 10.2. The Bertz CT molecular complexity index is 827. The van der Waals surface area contributed by atoms with Crippen molar-refractivity contribution in [2.75, 3.05) is 26.7 Å². The maximum atomic E-state index is 12.8. The molecule has 2 aliphatic heterocycles. The molecule has 27 heavy (non-hydrogen) atoms. The summed E-state index contributed by atoms with van der Waals surface area (Å²) in [4.78, 5) is 21.9. The first-order valence-electron chi connectivity index (χ1n) is 9.82. The maximum absolute atomic E-state index is 12.8. The molecule has 5 nitrogen and oxygen atoms in total. The van der Waals surface area contributed by atoms with E-state index in [9.17, 15) is 4.79 Å². The number of benzene rings is 1. The average molecular weight is 387 g/mol. The Morgan fingerprint density at radius 1 is 1.15 bits per heavy atom. The quantitative estimate of drug-likeness (QED) is 0.803. The fourth-order valence-electron chi connectivity index (χ4n) is 4.51. The van der Waals surface area contributed by atoms with Gasteiger partial charge in [-0.1, -0.05) is 36.2 Å². The minimum absolute atomic E-state index is 0.0218. The normalized spacial score (nSPS) is 24.0. The van der Waals surface area contributed by atoms with E-state index in [-0.39, 0.29) is 17.9 Å². The van der Waals surface area contributed by atoms with Gasteiger partial charge in [0.15, 0.2) is 0 Å². The molecule has 0 aliphatic carbocycles. The van der Waals surface area contributed by atoms with Crippen LogP contribution in [-0.4, -0.2) is 51.9 Å². The molecule has 1 aromatic carbocycles. The summed E-state index contributed by atoms with van der Waals surface area (Å²) in [5.74, 6) is 1.24. The van der Waals surface area contributed by atoms with Gasteiger partial charge < -0.3 is 14.4 Å². The van der Waals surface area contributed by atoms with Gasteiger partial charge in [0.25, 0.3) is 0 Å². The summed E-state index contributed by atoms with van der Waals surface area (Å²) in [6, 6.07) is 7.83. The second kappa shape index (κ2) is 7.64. The number of hydrogen-bond acceptors (Lipinski definition) is 3. The Morgan fingerprint density at radius 2 is 1.89 bits per heavy atom. The zero-order chi connectivity index (χ0) is 19.0. The molecule has 2 saturated heterocycles. The van der Waals surface area contributed by atoms with Crippen LogP contribution >= 0.6 is 11.6 Å². The van der Waals surface area contributed by atoms with E-state index < -0.39 is 0 Å². The molecule has 3 heterocycles. The molecule has 4 rings (SSSR count). The highest BCUT2D eigenvalue weighted by Gasteiger charge is 2.40. The lowest BCUT2D eigenvalue weighted by Crippen LogP contribution is -2.37. The van der Waals surface area contributed by atoms with Gasteiger partial charge in [0.1, 0.15) is 5.82 Å². The van der Waals surface area contributed by atoms with E-state index in [1.54, 1.807) is 0 Å². The molecule has 1 amide bonds. The number of carbonyl (C=O) groups is 1. The molecule has 6 heteroatoms. The molecule has 2 aromatic rings. The number of piperidine rings is 1. The molecule has 144 valence electrons. The number of amides is 1. The fraction of sp³-hybridized carbons (Fsp3) is 0.524. The number of halogens is 1. The Hall–Kier alpha value is -1.85. The third kappa shape index (κ3) is 3.50. The molecule has 0 spiro atoms. The largest absolute Gasteiger partial charge is 0.335 e. The van der Waals surface area contributed by atoms with Crippen LogP contribution in [0.2, 0.25) is 5.02 Å². The van der Waals surface area contributed by atoms with E-state index in [0.717, 1.165) is 43.1 Å². The molecule has 0 bridgehead atoms. The van der Waals surface area contributed by atoms with Crippen LogP contribution in [0.25, 0.3) is 11.3 Å². The standard InChI is InChI=1S/C21H27ClN4O/c1-24-19(16-8-4-5-9-17(16)22)13-23-20(24)18-12-15(21(27)25(18)2)14-26-10-6-3-7-11-26/h4-5,8-9,13,15,18H,3,6-7,10-12,14H2,1-2H3/t15-,18+/m1/s1. The summed E-state index contributed by atoms with van der Waals surface area (Å²) in [5.41, 5.74) is 1.95. The number of carbonyl (C=O) groups excluding carboxylic acids is 1. The predicted molar refractivity (Wildman–Crippen MR) is 108 cm³/mol. The van der Waals surface area contributed by atoms with Gasteiger partial charge in [0.2, 0.25) is 5.91 Å². The Morgan fingerprint density at radius 3 is 2.63 bits per heavy atom. The number of nitrogens with zero attached hydrogens (tertiary/aromatic N) is 4. The van der Waals surface area contributed by atoms with Crippen molar-refractivity contribution in [3.63, 3.8) is 0 Å². The molecule has 0 N–H and O–H groups in total. The smallest absolute Gasteiger partial charge is 0.227 e. The van der Waals surface area contributed by atoms with Gasteiger partial charge in [0, 0.05) is 31.2 Å². The predicted octanol–water partition coefficient (Wildman–Crippen LogP) is 3.75. The summed E-state index contributed by atoms with van der Waals surface area (Å²) in [5, 5.41) is 0.714. The summed E-state index contributed by atoms with van der Waals surface area (Å²) < 4.78 is 2.08. The lowest BCUT2D eigenvalue weighted by molar-refractivity contribution is -0.131. The van der Waals surface area contributed by atoms with Crippen LogP contribution in [0, 0.1) is 5.92 Å². The topological polar surface area (TPSA) is 41.4 Å². The van der Waals surface area contributed by atoms with Gasteiger partial charge in [-0.25, -0.2) is 4.98 Å². The number of rotatable bonds is 4. The Kier molecular flexibility index (Phi) is 5.24. The monoisotopic (exact) mass is 386 g/mol. The van der Waals surface area contributed by atoms with Gasteiger partial charge in [-0.05, 0) is 38.4 Å². The van der Waals surface area contributed by atoms with Gasteiger partial charge in [-0.3, -0.25) is 4.79 Å². The van der Waals surface area contributed by atoms with E-state index in [2.05, 4.69) is 14.5 Å². The van der Waals surface area contributed by atoms with Gasteiger partial charge in [-0.15, -0.1) is 0 Å². The highest BCUT2D eigenvalue weighted by atomic mass is 35.5. The van der Waals surface area contributed by atoms with Crippen LogP contribution in [0.5, 0.6) is 0 Å². The molecule has 2 fully saturated rings. The van der Waals surface area contributed by atoms with Crippen LogP contribution in [-0.2, 0) is 11.8 Å². The second-order valence-electron chi connectivity index (χ2n) is 7.80. The lowest BCUT2D eigenvalue weighted by Gasteiger charge is -2.28. The zero-order valence-corrected chi connectivity index (χ0v) is 16.8. The van der Waals surface area contributed by atoms with Crippen LogP contribution in [0.1, 0.15) is 37.5 Å². The molecule has 0 saturated carbocycles. The SMILES string of the molecule is CN1C(=O)[C@@H](CN2CCCCC2)C[C@H]1c1ncc(-c2ccccc2Cl)n1C. The van der Waals surface area contributed by atoms with Crippen molar-refractivity contribution in [3.05, 3.63) is 41.3 Å². The van der Waals surface area contributed by atoms with Gasteiger partial charge >= 0.3 is 0 Å². The summed E-state index contributed by atoms with van der Waals surface area (Å²) in [6.07, 6.45) is 6.52. The molecule has 2 aliphatic rings. The average Bonchev–Trinajstić information content (AvgIpc) is 3.18. The van der Waals surface area contributed by atoms with Gasteiger partial charge in [0.05, 0.1) is 23.9 Å². The minimum Gasteiger partial charge on any atom is -0.335 e. The van der Waals surface area contributed by atoms with Crippen molar-refractivity contribution in [2.45, 2.75) is 31.7 Å². The molecule has 0 unspecified atom stereocenters. The van der Waals surface area contributed by atoms with Crippen molar-refractivity contribution in [2.24, 2.45) is 13.0 Å². The highest BCUT2D eigenvalue weighted by molar-refractivity contribution is 6.33. The second-order valence-corrected chi connectivity index (χ2v) is 8.21. The van der Waals surface area contributed by atoms with Crippen molar-refractivity contribution in [1.82, 2.24) is 19.4 Å². The number of imidazole rings is 1. The number of aromatic nitrogens is 2. The van der Waals surface area contributed by atoms with Crippen molar-refractivity contribution in [1.29, 1.82) is 0 Å². The molecular weight excluding hydrogens is 360 g/mol. The van der Waals surface area contributed by atoms with Gasteiger partial charge in [-0.2, -0.15) is 0 Å². The first kappa shape index (κ1) is 18.5. The van der Waals surface area contributed by atoms with Crippen molar-refractivity contribution >= 4 is 17.5 Å². The maximum Gasteiger partial charge on any atom is 0.227 e. The molecule has 0 radical (unpaired) electrons. The van der Waals surface area contributed by atoms with E-state index >= 15 is 0 Å². The fourth-order valence-corrected chi connectivity index (χ4v) is 4.74. The third-order valence-electron chi connectivity index (χ3n) is 6.07. The van der Waals surface area contributed by atoms with Crippen LogP contribution in [0.4, 0.5) is 0 Å². The van der Waals surface area contributed by atoms with E-state index in [1.165, 1.54) is 19.3 Å². The molecule has 2 atom stereocenters. The van der Waals surface area contributed by atoms with Crippen LogP contribution in [0.15, 0.2) is 30.5 Å². The van der Waals surface area contributed by atoms with E-state index in [4.69, 9.17) is 11.6 Å². The summed E-state index contributed by atoms with van der Waals surface area (Å²) >= 11 is 6.37. The zero-order valence-electron chi connectivity index (χ0n) is 16.1. The number of hydrogen-bond donors (Lipinski definition) is 0. The van der Waals surface area contributed by atoms with Crippen molar-refractivity contribution in [3.8, 4) is 11.3 Å². The molecular formula is C21H27ClN4O. The lowest BCUT2D eigenvalue weighted by atomic mass is 10.0. The number of likely N-dealkylation sites (tertiary alicyclic amines) is 2. The van der Waals surface area contributed by atoms with Crippen molar-refractivity contribution < 1.29 is 4.79 Å². The Labute approximate surface area is 165 Å². The summed E-state index contributed by atoms with van der Waals surface area (Å²) in [7, 11) is 3.92. The van der Waals surface area contributed by atoms with E-state index in [0.29, 0.717) is 5.02 Å².